The molecule has 2 aliphatic heterocycles. The first kappa shape index (κ1) is 43.8. The first-order valence-electron chi connectivity index (χ1n) is 21.0. The van der Waals surface area contributed by atoms with E-state index in [0.717, 1.165) is 6.42 Å². The van der Waals surface area contributed by atoms with Crippen LogP contribution in [0.15, 0.2) is 11.6 Å². The van der Waals surface area contributed by atoms with Crippen LogP contribution in [0.25, 0.3) is 0 Å². The molecular weight excluding hydrogens is 760 g/mol. The largest absolute Gasteiger partial charge is 0.481 e. The molecule has 16 heteroatoms. The zero-order valence-corrected chi connectivity index (χ0v) is 34.3. The van der Waals surface area contributed by atoms with Gasteiger partial charge in [0.25, 0.3) is 0 Å². The van der Waals surface area contributed by atoms with Crippen LogP contribution in [0.2, 0.25) is 0 Å². The number of carboxylic acid groups (broad SMARTS) is 2. The average molecular weight is 825 g/mol. The minimum atomic E-state index is -1.91. The van der Waals surface area contributed by atoms with Crippen molar-refractivity contribution in [1.29, 1.82) is 0 Å². The maximum absolute atomic E-state index is 14.6. The number of aliphatic hydroxyl groups excluding tert-OH is 7. The molecular formula is C42H64O16. The Bertz CT molecular complexity index is 1670. The predicted molar refractivity (Wildman–Crippen MR) is 200 cm³/mol. The summed E-state index contributed by atoms with van der Waals surface area (Å²) in [6, 6.07) is 0. The minimum absolute atomic E-state index is 0.0298. The maximum atomic E-state index is 14.6. The Balaban J connectivity index is 1.19. The number of carbonyl (C=O) groups excluding carboxylic acids is 1. The summed E-state index contributed by atoms with van der Waals surface area (Å²) in [5.74, 6) is -3.78. The van der Waals surface area contributed by atoms with E-state index in [2.05, 4.69) is 40.7 Å². The van der Waals surface area contributed by atoms with Gasteiger partial charge in [0.2, 0.25) is 6.29 Å². The monoisotopic (exact) mass is 824 g/mol. The van der Waals surface area contributed by atoms with Crippen molar-refractivity contribution in [2.75, 3.05) is 6.61 Å². The molecule has 19 unspecified atom stereocenters. The van der Waals surface area contributed by atoms with Crippen LogP contribution in [0.5, 0.6) is 0 Å². The molecule has 0 amide bonds. The third kappa shape index (κ3) is 6.25. The van der Waals surface area contributed by atoms with Crippen molar-refractivity contribution >= 4 is 17.9 Å². The number of hydrogen-bond donors (Lipinski definition) is 9. The van der Waals surface area contributed by atoms with Gasteiger partial charge in [0.1, 0.15) is 42.7 Å². The lowest BCUT2D eigenvalue weighted by atomic mass is 9.33. The summed E-state index contributed by atoms with van der Waals surface area (Å²) in [6.07, 6.45) is -9.90. The Morgan fingerprint density at radius 3 is 2.02 bits per heavy atom. The van der Waals surface area contributed by atoms with Gasteiger partial charge in [-0.25, -0.2) is 4.79 Å². The third-order valence-corrected chi connectivity index (χ3v) is 17.3. The standard InChI is InChI=1S/C42H64O16/c1-37(2)13-15-42(36(54)58-33-29(48)26(45)25(44)21(18-43)55-33)16-14-39(4)19(20(42)17-37)7-8-22-38(3)11-10-24(41(6,35(52)53)23(38)9-12-40(22,39)5)56-34-30(49)27(46)28(47)31(57-34)32(50)51/h7,20-31,33-34,43-49H,8-18H2,1-6H3,(H,50,51)(H,52,53). The van der Waals surface area contributed by atoms with Gasteiger partial charge in [-0.15, -0.1) is 0 Å². The fourth-order valence-electron chi connectivity index (χ4n) is 13.5. The highest BCUT2D eigenvalue weighted by atomic mass is 16.7. The fourth-order valence-corrected chi connectivity index (χ4v) is 13.5. The molecule has 19 atom stereocenters. The Hall–Kier alpha value is -2.25. The van der Waals surface area contributed by atoms with Gasteiger partial charge in [-0.2, -0.15) is 0 Å². The topological polar surface area (TPSA) is 270 Å². The van der Waals surface area contributed by atoms with Crippen LogP contribution in [-0.2, 0) is 33.3 Å². The number of aliphatic carboxylic acids is 2. The van der Waals surface area contributed by atoms with E-state index in [4.69, 9.17) is 18.9 Å². The molecule has 2 heterocycles. The number of esters is 1. The summed E-state index contributed by atoms with van der Waals surface area (Å²) in [4.78, 5) is 39.9. The number of allylic oxidation sites excluding steroid dienone is 2. The Morgan fingerprint density at radius 2 is 1.38 bits per heavy atom. The minimum Gasteiger partial charge on any atom is -0.481 e. The zero-order chi connectivity index (χ0) is 42.7. The van der Waals surface area contributed by atoms with E-state index in [1.807, 2.05) is 0 Å². The van der Waals surface area contributed by atoms with Crippen LogP contribution in [0, 0.1) is 50.2 Å². The average Bonchev–Trinajstić information content (AvgIpc) is 3.15. The molecule has 58 heavy (non-hydrogen) atoms. The molecule has 0 bridgehead atoms. The molecule has 9 N–H and O–H groups in total. The van der Waals surface area contributed by atoms with Gasteiger partial charge in [0, 0.05) is 0 Å². The molecule has 328 valence electrons. The molecule has 4 saturated carbocycles. The van der Waals surface area contributed by atoms with Gasteiger partial charge >= 0.3 is 17.9 Å². The fraction of sp³-hybridized carbons (Fsp3) is 0.881. The van der Waals surface area contributed by atoms with Crippen molar-refractivity contribution in [3.8, 4) is 0 Å². The number of aliphatic hydroxyl groups is 7. The number of carbonyl (C=O) groups is 3. The number of carboxylic acids is 2. The van der Waals surface area contributed by atoms with E-state index in [1.54, 1.807) is 6.92 Å². The summed E-state index contributed by atoms with van der Waals surface area (Å²) in [6.45, 7) is 12.2. The van der Waals surface area contributed by atoms with Gasteiger partial charge in [0.05, 0.1) is 23.5 Å². The van der Waals surface area contributed by atoms with E-state index in [0.29, 0.717) is 51.4 Å². The van der Waals surface area contributed by atoms with Crippen LogP contribution < -0.4 is 0 Å². The normalized spacial score (nSPS) is 52.5. The molecule has 0 radical (unpaired) electrons. The first-order valence-corrected chi connectivity index (χ1v) is 21.0. The molecule has 7 aliphatic rings. The summed E-state index contributed by atoms with van der Waals surface area (Å²) in [7, 11) is 0. The van der Waals surface area contributed by atoms with Crippen LogP contribution in [0.3, 0.4) is 0 Å². The maximum Gasteiger partial charge on any atom is 0.335 e. The van der Waals surface area contributed by atoms with E-state index in [1.165, 1.54) is 5.57 Å². The smallest absolute Gasteiger partial charge is 0.335 e. The summed E-state index contributed by atoms with van der Waals surface area (Å²) in [5.41, 5.74) is -2.56. The Kier molecular flexibility index (Phi) is 11.1. The van der Waals surface area contributed by atoms with E-state index >= 15 is 0 Å². The highest BCUT2D eigenvalue weighted by Crippen LogP contribution is 2.76. The van der Waals surface area contributed by atoms with Crippen LogP contribution in [0.4, 0.5) is 0 Å². The van der Waals surface area contributed by atoms with E-state index in [-0.39, 0.29) is 34.5 Å². The van der Waals surface area contributed by atoms with Gasteiger partial charge in [0.15, 0.2) is 12.4 Å². The molecule has 0 aromatic rings. The SMILES string of the molecule is CC1(C)CCC2(C(=O)OC3OC(CO)C(O)C(O)C3O)CCC3(C)C(=CCC4C5(C)CCC(OC6OC(C(=O)O)C(O)C(O)C6O)C(C)(C(=O)O)C5CCC43C)C2C1. The molecule has 7 rings (SSSR count). The second-order valence-corrected chi connectivity index (χ2v) is 20.5. The van der Waals surface area contributed by atoms with Crippen molar-refractivity contribution in [2.24, 2.45) is 50.2 Å². The van der Waals surface area contributed by atoms with E-state index < -0.39 is 114 Å². The van der Waals surface area contributed by atoms with Gasteiger partial charge in [-0.3, -0.25) is 9.59 Å². The first-order chi connectivity index (χ1) is 26.9. The highest BCUT2D eigenvalue weighted by Gasteiger charge is 2.71. The van der Waals surface area contributed by atoms with Crippen LogP contribution in [-0.4, -0.2) is 138 Å². The molecule has 2 saturated heterocycles. The molecule has 0 aromatic carbocycles. The lowest BCUT2D eigenvalue weighted by Crippen LogP contribution is -2.68. The molecule has 5 aliphatic carbocycles. The number of ether oxygens (including phenoxy) is 4. The molecule has 0 aromatic heterocycles. The summed E-state index contributed by atoms with van der Waals surface area (Å²) in [5, 5.41) is 93.4. The lowest BCUT2D eigenvalue weighted by Gasteiger charge is -2.71. The Morgan fingerprint density at radius 1 is 0.741 bits per heavy atom. The van der Waals surface area contributed by atoms with Crippen molar-refractivity contribution in [1.82, 2.24) is 0 Å². The third-order valence-electron chi connectivity index (χ3n) is 17.3. The van der Waals surface area contributed by atoms with Gasteiger partial charge in [-0.1, -0.05) is 46.3 Å². The zero-order valence-electron chi connectivity index (χ0n) is 34.3. The van der Waals surface area contributed by atoms with Crippen molar-refractivity contribution in [3.05, 3.63) is 11.6 Å². The number of rotatable bonds is 7. The molecule has 16 nitrogen and oxygen atoms in total. The van der Waals surface area contributed by atoms with Gasteiger partial charge < -0.3 is 64.9 Å². The molecule has 0 spiro atoms. The van der Waals surface area contributed by atoms with E-state index in [9.17, 15) is 60.3 Å². The van der Waals surface area contributed by atoms with Gasteiger partial charge in [-0.05, 0) is 111 Å². The second kappa shape index (κ2) is 14.7. The molecule has 6 fully saturated rings. The predicted octanol–water partition coefficient (Wildman–Crippen LogP) is 1.47. The van der Waals surface area contributed by atoms with Crippen molar-refractivity contribution < 1.29 is 79.3 Å². The summed E-state index contributed by atoms with van der Waals surface area (Å²) >= 11 is 0. The van der Waals surface area contributed by atoms with Crippen LogP contribution >= 0.6 is 0 Å². The van der Waals surface area contributed by atoms with Crippen molar-refractivity contribution in [2.45, 2.75) is 173 Å². The van der Waals surface area contributed by atoms with Crippen LogP contribution in [0.1, 0.15) is 106 Å². The lowest BCUT2D eigenvalue weighted by molar-refractivity contribution is -0.323. The second-order valence-electron chi connectivity index (χ2n) is 20.5. The quantitative estimate of drug-likeness (QED) is 0.1000. The highest BCUT2D eigenvalue weighted by molar-refractivity contribution is 5.79. The number of hydrogen-bond acceptors (Lipinski definition) is 14. The number of fused-ring (bicyclic) bond motifs is 7. The Labute approximate surface area is 338 Å². The summed E-state index contributed by atoms with van der Waals surface area (Å²) < 4.78 is 23.2. The van der Waals surface area contributed by atoms with Crippen molar-refractivity contribution in [3.63, 3.8) is 0 Å².